The molecule has 0 saturated heterocycles. The van der Waals surface area contributed by atoms with Gasteiger partial charge in [-0.05, 0) is 73.6 Å². The van der Waals surface area contributed by atoms with Crippen molar-refractivity contribution in [2.75, 3.05) is 0 Å². The summed E-state index contributed by atoms with van der Waals surface area (Å²) in [5.74, 6) is 1.03. The van der Waals surface area contributed by atoms with Gasteiger partial charge in [0.25, 0.3) is 0 Å². The van der Waals surface area contributed by atoms with E-state index in [0.717, 1.165) is 12.2 Å². The molecule has 4 aromatic rings. The van der Waals surface area contributed by atoms with Gasteiger partial charge in [0.1, 0.15) is 5.75 Å². The van der Waals surface area contributed by atoms with E-state index in [4.69, 9.17) is 4.74 Å². The standard InChI is InChI=1S/C33H34O/c1-22-17-19-29(26(5)24(22)3)33(28-15-11-8-12-16-28)21-32(6,27-13-9-7-10-14-27)30-20-18-23(2)25(4)31(30)34-33/h7-20H,21H2,1-6H3. The van der Waals surface area contributed by atoms with Gasteiger partial charge in [-0.1, -0.05) is 91.9 Å². The minimum absolute atomic E-state index is 0.214. The first-order valence-corrected chi connectivity index (χ1v) is 12.3. The van der Waals surface area contributed by atoms with E-state index in [-0.39, 0.29) is 5.41 Å². The zero-order chi connectivity index (χ0) is 24.1. The molecule has 0 bridgehead atoms. The van der Waals surface area contributed by atoms with Gasteiger partial charge in [0, 0.05) is 23.0 Å². The molecule has 0 spiro atoms. The smallest absolute Gasteiger partial charge is 0.160 e. The van der Waals surface area contributed by atoms with E-state index >= 15 is 0 Å². The van der Waals surface area contributed by atoms with Crippen LogP contribution < -0.4 is 4.74 Å². The van der Waals surface area contributed by atoms with Crippen LogP contribution in [0.1, 0.15) is 63.4 Å². The quantitative estimate of drug-likeness (QED) is 0.308. The number of rotatable bonds is 3. The predicted molar refractivity (Wildman–Crippen MR) is 142 cm³/mol. The maximum atomic E-state index is 7.30. The van der Waals surface area contributed by atoms with E-state index in [1.54, 1.807) is 0 Å². The van der Waals surface area contributed by atoms with E-state index in [2.05, 4.69) is 126 Å². The monoisotopic (exact) mass is 446 g/mol. The Morgan fingerprint density at radius 3 is 1.71 bits per heavy atom. The molecule has 0 fully saturated rings. The number of hydrogen-bond acceptors (Lipinski definition) is 1. The lowest BCUT2D eigenvalue weighted by Crippen LogP contribution is -2.47. The molecule has 0 radical (unpaired) electrons. The Morgan fingerprint density at radius 1 is 0.559 bits per heavy atom. The molecule has 1 heteroatoms. The Kier molecular flexibility index (Phi) is 5.40. The highest BCUT2D eigenvalue weighted by Crippen LogP contribution is 2.56. The summed E-state index contributed by atoms with van der Waals surface area (Å²) in [7, 11) is 0. The summed E-state index contributed by atoms with van der Waals surface area (Å²) in [5, 5.41) is 0. The third-order valence-corrected chi connectivity index (χ3v) is 8.29. The number of benzene rings is 4. The van der Waals surface area contributed by atoms with Gasteiger partial charge in [-0.3, -0.25) is 0 Å². The average molecular weight is 447 g/mol. The number of aryl methyl sites for hydroxylation is 2. The van der Waals surface area contributed by atoms with Gasteiger partial charge in [0.05, 0.1) is 0 Å². The van der Waals surface area contributed by atoms with Gasteiger partial charge < -0.3 is 4.74 Å². The molecule has 1 heterocycles. The Hall–Kier alpha value is -3.32. The highest BCUT2D eigenvalue weighted by Gasteiger charge is 2.51. The van der Waals surface area contributed by atoms with E-state index in [9.17, 15) is 0 Å². The third kappa shape index (κ3) is 3.29. The summed E-state index contributed by atoms with van der Waals surface area (Å²) in [6.45, 7) is 13.5. The summed E-state index contributed by atoms with van der Waals surface area (Å²) in [6, 6.07) is 30.9. The van der Waals surface area contributed by atoms with Crippen LogP contribution in [0.3, 0.4) is 0 Å². The molecule has 172 valence electrons. The van der Waals surface area contributed by atoms with Crippen LogP contribution in [-0.4, -0.2) is 0 Å². The number of ether oxygens (including phenoxy) is 1. The predicted octanol–water partition coefficient (Wildman–Crippen LogP) is 8.26. The fourth-order valence-corrected chi connectivity index (χ4v) is 5.79. The maximum Gasteiger partial charge on any atom is 0.160 e. The molecule has 2 atom stereocenters. The fraction of sp³-hybridized carbons (Fsp3) is 0.273. The summed E-state index contributed by atoms with van der Waals surface area (Å²) in [4.78, 5) is 0. The van der Waals surface area contributed by atoms with Gasteiger partial charge in [-0.2, -0.15) is 0 Å². The second-order valence-electron chi connectivity index (χ2n) is 10.2. The van der Waals surface area contributed by atoms with Crippen LogP contribution in [0.4, 0.5) is 0 Å². The second kappa shape index (κ2) is 8.17. The minimum atomic E-state index is -0.597. The highest BCUT2D eigenvalue weighted by molar-refractivity contribution is 5.59. The van der Waals surface area contributed by atoms with Crippen LogP contribution in [0.15, 0.2) is 84.9 Å². The summed E-state index contributed by atoms with van der Waals surface area (Å²) in [5.41, 5.74) is 10.7. The molecular weight excluding hydrogens is 412 g/mol. The molecule has 0 amide bonds. The number of hydrogen-bond donors (Lipinski definition) is 0. The van der Waals surface area contributed by atoms with Crippen LogP contribution in [0.25, 0.3) is 0 Å². The molecule has 1 aliphatic heterocycles. The Bertz CT molecular complexity index is 1350. The Labute approximate surface area is 204 Å². The van der Waals surface area contributed by atoms with Crippen molar-refractivity contribution < 1.29 is 4.74 Å². The van der Waals surface area contributed by atoms with E-state index in [0.29, 0.717) is 0 Å². The average Bonchev–Trinajstić information content (AvgIpc) is 2.86. The highest BCUT2D eigenvalue weighted by atomic mass is 16.5. The Balaban J connectivity index is 1.89. The van der Waals surface area contributed by atoms with Crippen molar-refractivity contribution in [1.29, 1.82) is 0 Å². The minimum Gasteiger partial charge on any atom is -0.477 e. The van der Waals surface area contributed by atoms with E-state index < -0.39 is 5.60 Å². The first-order chi connectivity index (χ1) is 16.3. The van der Waals surface area contributed by atoms with E-state index in [1.165, 1.54) is 50.1 Å². The molecule has 5 rings (SSSR count). The van der Waals surface area contributed by atoms with Gasteiger partial charge in [-0.15, -0.1) is 0 Å². The van der Waals surface area contributed by atoms with Gasteiger partial charge in [0.2, 0.25) is 0 Å². The van der Waals surface area contributed by atoms with Crippen molar-refractivity contribution in [2.45, 2.75) is 59.0 Å². The first-order valence-electron chi connectivity index (χ1n) is 12.3. The topological polar surface area (TPSA) is 9.23 Å². The molecule has 4 aromatic carbocycles. The van der Waals surface area contributed by atoms with Crippen LogP contribution >= 0.6 is 0 Å². The summed E-state index contributed by atoms with van der Waals surface area (Å²) < 4.78 is 7.30. The molecule has 0 aromatic heterocycles. The zero-order valence-corrected chi connectivity index (χ0v) is 21.2. The molecule has 2 unspecified atom stereocenters. The van der Waals surface area contributed by atoms with Crippen molar-refractivity contribution in [3.63, 3.8) is 0 Å². The van der Waals surface area contributed by atoms with Gasteiger partial charge in [0.15, 0.2) is 5.60 Å². The zero-order valence-electron chi connectivity index (χ0n) is 21.2. The Morgan fingerprint density at radius 2 is 1.09 bits per heavy atom. The van der Waals surface area contributed by atoms with Crippen molar-refractivity contribution in [2.24, 2.45) is 0 Å². The van der Waals surface area contributed by atoms with E-state index in [1.807, 2.05) is 0 Å². The molecule has 0 aliphatic carbocycles. The second-order valence-corrected chi connectivity index (χ2v) is 10.2. The molecule has 1 nitrogen and oxygen atoms in total. The molecule has 34 heavy (non-hydrogen) atoms. The lowest BCUT2D eigenvalue weighted by atomic mass is 9.63. The summed E-state index contributed by atoms with van der Waals surface area (Å²) in [6.07, 6.45) is 0.826. The van der Waals surface area contributed by atoms with Gasteiger partial charge in [-0.25, -0.2) is 0 Å². The SMILES string of the molecule is Cc1ccc(C2(c3ccccc3)CC(C)(c3ccccc3)c3ccc(C)c(C)c3O2)c(C)c1C. The normalized spacial score (nSPS) is 21.6. The van der Waals surface area contributed by atoms with Crippen LogP contribution in [0.5, 0.6) is 5.75 Å². The first kappa shape index (κ1) is 22.5. The van der Waals surface area contributed by atoms with Crippen molar-refractivity contribution in [3.05, 3.63) is 135 Å². The fourth-order valence-electron chi connectivity index (χ4n) is 5.79. The molecular formula is C33H34O. The maximum absolute atomic E-state index is 7.30. The molecule has 1 aliphatic rings. The molecule has 0 saturated carbocycles. The number of fused-ring (bicyclic) bond motifs is 1. The van der Waals surface area contributed by atoms with Crippen LogP contribution in [-0.2, 0) is 11.0 Å². The largest absolute Gasteiger partial charge is 0.477 e. The lowest BCUT2D eigenvalue weighted by Gasteiger charge is -2.49. The van der Waals surface area contributed by atoms with Gasteiger partial charge >= 0.3 is 0 Å². The summed E-state index contributed by atoms with van der Waals surface area (Å²) >= 11 is 0. The molecule has 0 N–H and O–H groups in total. The third-order valence-electron chi connectivity index (χ3n) is 8.29. The van der Waals surface area contributed by atoms with Crippen molar-refractivity contribution in [1.82, 2.24) is 0 Å². The lowest BCUT2D eigenvalue weighted by molar-refractivity contribution is 0.0564. The van der Waals surface area contributed by atoms with Crippen molar-refractivity contribution in [3.8, 4) is 5.75 Å². The van der Waals surface area contributed by atoms with Crippen LogP contribution in [0.2, 0.25) is 0 Å². The van der Waals surface area contributed by atoms with Crippen molar-refractivity contribution >= 4 is 0 Å². The van der Waals surface area contributed by atoms with Crippen LogP contribution in [0, 0.1) is 34.6 Å².